The van der Waals surface area contributed by atoms with Crippen LogP contribution in [0.15, 0.2) is 45.3 Å². The number of unbranched alkanes of at least 4 members (excludes halogenated alkanes) is 2. The molecule has 0 radical (unpaired) electrons. The number of hydrogen-bond donors (Lipinski definition) is 21. The summed E-state index contributed by atoms with van der Waals surface area (Å²) in [6.45, 7) is 6.60. The van der Waals surface area contributed by atoms with Crippen LogP contribution in [0.2, 0.25) is 0 Å². The molecule has 31 N–H and O–H groups in total. The van der Waals surface area contributed by atoms with Crippen molar-refractivity contribution in [3.8, 4) is 0 Å². The molecule has 0 unspecified atom stereocenters. The average Bonchev–Trinajstić information content (AvgIpc) is 1.69. The van der Waals surface area contributed by atoms with Crippen LogP contribution in [0, 0.1) is 11.8 Å². The van der Waals surface area contributed by atoms with Gasteiger partial charge in [-0.05, 0) is 133 Å². The predicted octanol–water partition coefficient (Wildman–Crippen LogP) is -6.23. The van der Waals surface area contributed by atoms with E-state index in [0.29, 0.717) is 44.1 Å². The number of aliphatic imine (C=N–C) groups is 3. The van der Waals surface area contributed by atoms with Gasteiger partial charge in [-0.2, -0.15) is 0 Å². The molecule has 0 spiro atoms. The van der Waals surface area contributed by atoms with Crippen molar-refractivity contribution >= 4 is 116 Å². The van der Waals surface area contributed by atoms with Gasteiger partial charge in [0.25, 0.3) is 0 Å². The molecule has 4 rings (SSSR count). The number of aliphatic hydroxyl groups is 1. The molecule has 39 nitrogen and oxygen atoms in total. The minimum atomic E-state index is -1.71. The Balaban J connectivity index is 1.94. The lowest BCUT2D eigenvalue weighted by atomic mass is 9.96. The van der Waals surface area contributed by atoms with Crippen molar-refractivity contribution in [1.29, 1.82) is 0 Å². The van der Waals surface area contributed by atoms with E-state index in [2.05, 4.69) is 68.1 Å². The van der Waals surface area contributed by atoms with Crippen LogP contribution in [-0.4, -0.2) is 252 Å². The third-order valence-corrected chi connectivity index (χ3v) is 21.8. The SMILES string of the molecule is CC[C@H](C)[C@@H]1NC(=O)[C@@H]2CCCN2C(=O)[C@@H]2CCCN2C(=O)[C@H]([C@@H](C)CC)NC(=O)[C@H](CO)NC(=O)[C@H](CCCCN)NC(=O)[C@H](CCCCN)NC(=O)[C@@H](NC(=O)[C@H](CCCN=C(N)N)NC(=O)[C@H](CCCN=C(N)N)NC(=O)[C@@H](N)CCCN=C(N)N)CSSC[C@@H](C(=O)N[C@@H](Cc2ccccc2)C(N)=O)NC1=O. The maximum Gasteiger partial charge on any atom is 0.246 e. The summed E-state index contributed by atoms with van der Waals surface area (Å²) in [6.07, 6.45) is 2.88. The number of amides is 13. The summed E-state index contributed by atoms with van der Waals surface area (Å²) in [4.78, 5) is 205. The summed E-state index contributed by atoms with van der Waals surface area (Å²) in [6, 6.07) is -9.58. The van der Waals surface area contributed by atoms with E-state index < -0.39 is 180 Å². The third-order valence-electron chi connectivity index (χ3n) is 19.4. The van der Waals surface area contributed by atoms with Gasteiger partial charge in [0.05, 0.1) is 12.6 Å². The first-order valence-corrected chi connectivity index (χ1v) is 40.5. The first-order valence-electron chi connectivity index (χ1n) is 38.0. The lowest BCUT2D eigenvalue weighted by Crippen LogP contribution is -2.62. The van der Waals surface area contributed by atoms with E-state index in [-0.39, 0.29) is 153 Å². The molecular weight excluding hydrogens is 1480 g/mol. The van der Waals surface area contributed by atoms with Gasteiger partial charge in [0.15, 0.2) is 17.9 Å². The lowest BCUT2D eigenvalue weighted by Gasteiger charge is -2.35. The number of hydrogen-bond acceptors (Lipinski definition) is 22. The van der Waals surface area contributed by atoms with Crippen molar-refractivity contribution in [1.82, 2.24) is 63.0 Å². The molecule has 622 valence electrons. The molecule has 3 aliphatic heterocycles. The van der Waals surface area contributed by atoms with Gasteiger partial charge in [0.1, 0.15) is 72.5 Å². The summed E-state index contributed by atoms with van der Waals surface area (Å²) in [7, 11) is 1.80. The highest BCUT2D eigenvalue weighted by Crippen LogP contribution is 2.29. The summed E-state index contributed by atoms with van der Waals surface area (Å²) in [5.74, 6) is -13.7. The second kappa shape index (κ2) is 49.8. The zero-order valence-corrected chi connectivity index (χ0v) is 65.8. The fourth-order valence-electron chi connectivity index (χ4n) is 12.6. The number of fused-ring (bicyclic) bond motifs is 2. The molecule has 111 heavy (non-hydrogen) atoms. The van der Waals surface area contributed by atoms with Crippen LogP contribution in [-0.2, 0) is 68.7 Å². The molecular formula is C70H121N25O14S2. The Hall–Kier alpha value is -9.32. The molecule has 3 fully saturated rings. The zero-order valence-electron chi connectivity index (χ0n) is 64.1. The molecule has 41 heteroatoms. The quantitative estimate of drug-likeness (QED) is 0.0129. The van der Waals surface area contributed by atoms with Crippen LogP contribution in [0.4, 0.5) is 0 Å². The van der Waals surface area contributed by atoms with E-state index in [4.69, 9.17) is 57.3 Å². The van der Waals surface area contributed by atoms with Crippen molar-refractivity contribution in [2.45, 2.75) is 228 Å². The molecule has 3 heterocycles. The van der Waals surface area contributed by atoms with Gasteiger partial charge in [-0.1, -0.05) is 92.5 Å². The summed E-state index contributed by atoms with van der Waals surface area (Å²) in [5.41, 5.74) is 58.0. The van der Waals surface area contributed by atoms with E-state index in [1.807, 2.05) is 0 Å². The smallest absolute Gasteiger partial charge is 0.246 e. The molecule has 0 saturated carbocycles. The number of primary amides is 1. The van der Waals surface area contributed by atoms with E-state index in [1.54, 1.807) is 58.0 Å². The molecule has 1 aromatic rings. The van der Waals surface area contributed by atoms with Crippen LogP contribution in [0.25, 0.3) is 0 Å². The Morgan fingerprint density at radius 1 is 0.532 bits per heavy atom. The summed E-state index contributed by atoms with van der Waals surface area (Å²) < 4.78 is 0. The van der Waals surface area contributed by atoms with E-state index in [9.17, 15) is 53.1 Å². The minimum Gasteiger partial charge on any atom is -0.394 e. The van der Waals surface area contributed by atoms with Gasteiger partial charge in [0.2, 0.25) is 76.8 Å². The Morgan fingerprint density at radius 3 is 1.54 bits per heavy atom. The number of benzene rings is 1. The molecule has 0 aromatic heterocycles. The largest absolute Gasteiger partial charge is 0.394 e. The van der Waals surface area contributed by atoms with Crippen LogP contribution < -0.4 is 111 Å². The number of nitrogens with two attached hydrogens (primary N) is 10. The minimum absolute atomic E-state index is 0.0142. The molecule has 13 amide bonds. The van der Waals surface area contributed by atoms with Gasteiger partial charge in [-0.25, -0.2) is 0 Å². The molecule has 1 aromatic carbocycles. The van der Waals surface area contributed by atoms with Crippen molar-refractivity contribution in [2.24, 2.45) is 84.1 Å². The number of guanidine groups is 3. The first-order chi connectivity index (χ1) is 52.9. The number of rotatable bonds is 36. The topological polar surface area (TPSA) is 666 Å². The Labute approximate surface area is 655 Å². The average molecular weight is 1600 g/mol. The summed E-state index contributed by atoms with van der Waals surface area (Å²) >= 11 is 0. The molecule has 3 aliphatic rings. The number of nitrogens with zero attached hydrogens (tertiary/aromatic N) is 5. The lowest BCUT2D eigenvalue weighted by molar-refractivity contribution is -0.149. The highest BCUT2D eigenvalue weighted by molar-refractivity contribution is 8.76. The highest BCUT2D eigenvalue weighted by atomic mass is 33.1. The maximum absolute atomic E-state index is 15.3. The highest BCUT2D eigenvalue weighted by Gasteiger charge is 2.46. The van der Waals surface area contributed by atoms with Gasteiger partial charge in [-0.3, -0.25) is 77.3 Å². The van der Waals surface area contributed by atoms with Gasteiger partial charge < -0.3 is 125 Å². The fourth-order valence-corrected chi connectivity index (χ4v) is 14.9. The van der Waals surface area contributed by atoms with E-state index >= 15 is 14.4 Å². The number of nitrogens with one attached hydrogen (secondary N) is 10. The fraction of sp³-hybridized carbons (Fsp3) is 0.686. The van der Waals surface area contributed by atoms with Crippen LogP contribution >= 0.6 is 21.6 Å². The Kier molecular flexibility index (Phi) is 42.2. The third kappa shape index (κ3) is 32.1. The van der Waals surface area contributed by atoms with Gasteiger partial charge >= 0.3 is 0 Å². The normalized spacial score (nSPS) is 23.1. The van der Waals surface area contributed by atoms with Crippen molar-refractivity contribution < 1.29 is 67.4 Å². The standard InChI is InChI=1S/C70H121N25O14S2/c1-5-39(3)53-65(107)91-50(63(105)88-47(55(74)97)35-41-19-8-7-9-20-41)38-111-110-37-49(90-60(102)46(25-16-32-83-70(79)80)86-58(100)45(24-15-31-82-69(77)78)84-56(98)42(73)21-14-30-81-68(75)76)62(104)87-43(22-10-12-28-71)57(99)85-44(23-11-13-29-72)59(101)89-48(36-96)61(103)93-54(40(4)6-2)67(109)95-34-18-27-52(95)66(108)94-33-17-26-51(94)64(106)92-53/h7-9,19-20,39-40,42-54,96H,5-6,10-18,21-38,71-73H2,1-4H3,(H2,74,97)(H,84,98)(H,85,99)(H,86,100)(H,87,104)(H,88,105)(H,89,101)(H,90,102)(H,91,107)(H,92,106)(H,93,103)(H4,75,76,81)(H4,77,78,82)(H4,79,80,83)/t39-,40-,42-,43-,44-,45-,46-,47-,48-,49-,50-,51-,52-,53-,54-/m0/s1. The zero-order chi connectivity index (χ0) is 82.3. The van der Waals surface area contributed by atoms with Crippen molar-refractivity contribution in [3.05, 3.63) is 35.9 Å². The molecule has 0 bridgehead atoms. The van der Waals surface area contributed by atoms with Crippen LogP contribution in [0.3, 0.4) is 0 Å². The van der Waals surface area contributed by atoms with E-state index in [1.165, 1.54) is 9.80 Å². The van der Waals surface area contributed by atoms with Gasteiger partial charge in [0, 0.05) is 50.7 Å². The second-order valence-electron chi connectivity index (χ2n) is 28.0. The predicted molar refractivity (Wildman–Crippen MR) is 423 cm³/mol. The number of carbonyl (C=O) groups excluding carboxylic acids is 13. The van der Waals surface area contributed by atoms with E-state index in [0.717, 1.165) is 21.6 Å². The van der Waals surface area contributed by atoms with Crippen molar-refractivity contribution in [3.63, 3.8) is 0 Å². The monoisotopic (exact) mass is 1600 g/mol. The molecule has 0 aliphatic carbocycles. The maximum atomic E-state index is 15.3. The molecule has 3 saturated heterocycles. The van der Waals surface area contributed by atoms with Crippen LogP contribution in [0.5, 0.6) is 0 Å². The Bertz CT molecular complexity index is 3330. The van der Waals surface area contributed by atoms with Gasteiger partial charge in [-0.15, -0.1) is 0 Å². The second-order valence-corrected chi connectivity index (χ2v) is 30.5. The first kappa shape index (κ1) is 94.1. The van der Waals surface area contributed by atoms with Crippen LogP contribution in [0.1, 0.15) is 149 Å². The number of carbonyl (C=O) groups is 13. The molecule has 15 atom stereocenters. The number of aliphatic hydroxyl groups excluding tert-OH is 1. The summed E-state index contributed by atoms with van der Waals surface area (Å²) in [5, 5.41) is 37.8. The van der Waals surface area contributed by atoms with Crippen molar-refractivity contribution in [2.75, 3.05) is 63.9 Å². The Morgan fingerprint density at radius 2 is 1.01 bits per heavy atom.